The van der Waals surface area contributed by atoms with Gasteiger partial charge in [0.2, 0.25) is 0 Å². The summed E-state index contributed by atoms with van der Waals surface area (Å²) >= 11 is 0. The number of hydrogen-bond donors (Lipinski definition) is 0. The molecule has 2 aliphatic rings. The number of nitrogens with zero attached hydrogens (tertiary/aromatic N) is 1. The summed E-state index contributed by atoms with van der Waals surface area (Å²) in [5.41, 5.74) is 2.21. The second-order valence-electron chi connectivity index (χ2n) is 2.78. The third-order valence-electron chi connectivity index (χ3n) is 1.91. The second kappa shape index (κ2) is 2.81. The molecule has 1 heterocycles. The Hall–Kier alpha value is -1.57. The van der Waals surface area contributed by atoms with Crippen LogP contribution in [-0.4, -0.2) is 17.5 Å². The van der Waals surface area contributed by atoms with Gasteiger partial charge in [0.25, 0.3) is 0 Å². The molecule has 0 aromatic heterocycles. The van der Waals surface area contributed by atoms with Gasteiger partial charge in [-0.25, -0.2) is 4.74 Å². The molecule has 2 nitrogen and oxygen atoms in total. The lowest BCUT2D eigenvalue weighted by atomic mass is 10.0. The lowest BCUT2D eigenvalue weighted by Crippen LogP contribution is -2.13. The molecule has 0 saturated heterocycles. The van der Waals surface area contributed by atoms with E-state index in [1.54, 1.807) is 6.21 Å². The largest absolute Gasteiger partial charge is 0.624 e. The second-order valence-corrected chi connectivity index (χ2v) is 2.78. The van der Waals surface area contributed by atoms with Crippen molar-refractivity contribution in [3.63, 3.8) is 0 Å². The van der Waals surface area contributed by atoms with Crippen molar-refractivity contribution in [3.05, 3.63) is 52.8 Å². The van der Waals surface area contributed by atoms with Gasteiger partial charge in [0, 0.05) is 11.6 Å². The van der Waals surface area contributed by atoms with Crippen LogP contribution >= 0.6 is 0 Å². The van der Waals surface area contributed by atoms with Gasteiger partial charge in [0.1, 0.15) is 0 Å². The molecule has 0 aromatic carbocycles. The van der Waals surface area contributed by atoms with E-state index in [0.29, 0.717) is 6.54 Å². The average molecular weight is 159 g/mol. The van der Waals surface area contributed by atoms with E-state index in [9.17, 15) is 5.21 Å². The molecule has 0 bridgehead atoms. The van der Waals surface area contributed by atoms with E-state index in [2.05, 4.69) is 0 Å². The third kappa shape index (κ3) is 1.23. The fraction of sp³-hybridized carbons (Fsp3) is 0.100. The molecule has 1 aliphatic carbocycles. The van der Waals surface area contributed by atoms with Crippen LogP contribution in [0.3, 0.4) is 0 Å². The molecule has 0 aromatic rings. The summed E-state index contributed by atoms with van der Waals surface area (Å²) in [5, 5.41) is 11.0. The maximum Gasteiger partial charge on any atom is 0.179 e. The molecule has 0 N–H and O–H groups in total. The van der Waals surface area contributed by atoms with Crippen LogP contribution in [0, 0.1) is 5.21 Å². The van der Waals surface area contributed by atoms with Crippen molar-refractivity contribution in [1.82, 2.24) is 0 Å². The first kappa shape index (κ1) is 7.10. The summed E-state index contributed by atoms with van der Waals surface area (Å²) in [4.78, 5) is 0. The molecule has 0 fully saturated rings. The van der Waals surface area contributed by atoms with Gasteiger partial charge in [0.15, 0.2) is 12.8 Å². The average Bonchev–Trinajstić information content (AvgIpc) is 2.28. The molecule has 0 spiro atoms. The Morgan fingerprint density at radius 3 is 3.00 bits per heavy atom. The van der Waals surface area contributed by atoms with E-state index >= 15 is 0 Å². The first-order valence-electron chi connectivity index (χ1n) is 3.89. The quantitative estimate of drug-likeness (QED) is 0.389. The molecule has 2 rings (SSSR count). The standard InChI is InChI=1S/C10H9NO/c12-11-7-6-9-4-2-1-3-5-10(9)8-11/h1-7H,8H2. The van der Waals surface area contributed by atoms with Gasteiger partial charge < -0.3 is 5.21 Å². The van der Waals surface area contributed by atoms with E-state index in [1.807, 2.05) is 36.5 Å². The number of hydroxylamine groups is 1. The SMILES string of the molecule is [O-][N+]1=CC=C2C=CC=CC=C2C1. The Bertz CT molecular complexity index is 343. The summed E-state index contributed by atoms with van der Waals surface area (Å²) < 4.78 is 0.933. The highest BCUT2D eigenvalue weighted by Crippen LogP contribution is 2.16. The monoisotopic (exact) mass is 159 g/mol. The minimum Gasteiger partial charge on any atom is -0.624 e. The van der Waals surface area contributed by atoms with Crippen LogP contribution in [0.25, 0.3) is 0 Å². The van der Waals surface area contributed by atoms with Gasteiger partial charge in [-0.15, -0.1) is 0 Å². The first-order chi connectivity index (χ1) is 5.86. The molecule has 60 valence electrons. The maximum atomic E-state index is 11.0. The summed E-state index contributed by atoms with van der Waals surface area (Å²) in [6.45, 7) is 0.459. The Kier molecular flexibility index (Phi) is 1.67. The molecular formula is C10H9NO. The highest BCUT2D eigenvalue weighted by molar-refractivity contribution is 5.73. The molecule has 2 heteroatoms. The van der Waals surface area contributed by atoms with Gasteiger partial charge in [0.05, 0.1) is 0 Å². The molecule has 1 aliphatic heterocycles. The minimum atomic E-state index is 0.459. The van der Waals surface area contributed by atoms with Crippen LogP contribution in [0.4, 0.5) is 0 Å². The highest BCUT2D eigenvalue weighted by Gasteiger charge is 2.10. The third-order valence-corrected chi connectivity index (χ3v) is 1.91. The predicted molar refractivity (Wildman–Crippen MR) is 49.0 cm³/mol. The Morgan fingerprint density at radius 2 is 2.08 bits per heavy atom. The minimum absolute atomic E-state index is 0.459. The zero-order valence-electron chi connectivity index (χ0n) is 6.60. The Morgan fingerprint density at radius 1 is 1.17 bits per heavy atom. The number of hydrogen-bond acceptors (Lipinski definition) is 1. The lowest BCUT2D eigenvalue weighted by Gasteiger charge is -2.11. The summed E-state index contributed by atoms with van der Waals surface area (Å²) in [6.07, 6.45) is 13.3. The molecule has 0 atom stereocenters. The molecular weight excluding hydrogens is 150 g/mol. The Labute approximate surface area is 71.1 Å². The van der Waals surface area contributed by atoms with E-state index < -0.39 is 0 Å². The van der Waals surface area contributed by atoms with Gasteiger partial charge >= 0.3 is 0 Å². The fourth-order valence-electron chi connectivity index (χ4n) is 1.29. The number of rotatable bonds is 0. The van der Waals surface area contributed by atoms with Gasteiger partial charge in [-0.2, -0.15) is 0 Å². The first-order valence-corrected chi connectivity index (χ1v) is 3.89. The maximum absolute atomic E-state index is 11.0. The normalized spacial score (nSPS) is 20.5. The number of fused-ring (bicyclic) bond motifs is 1. The van der Waals surface area contributed by atoms with Crippen LogP contribution in [0.15, 0.2) is 47.6 Å². The fourth-order valence-corrected chi connectivity index (χ4v) is 1.29. The smallest absolute Gasteiger partial charge is 0.179 e. The molecule has 0 radical (unpaired) electrons. The van der Waals surface area contributed by atoms with Gasteiger partial charge in [-0.05, 0) is 5.57 Å². The molecule has 0 unspecified atom stereocenters. The predicted octanol–water partition coefficient (Wildman–Crippen LogP) is 1.56. The van der Waals surface area contributed by atoms with E-state index in [0.717, 1.165) is 15.9 Å². The number of allylic oxidation sites excluding steroid dienone is 6. The summed E-state index contributed by atoms with van der Waals surface area (Å²) in [6, 6.07) is 0. The van der Waals surface area contributed by atoms with Crippen LogP contribution in [0.5, 0.6) is 0 Å². The van der Waals surface area contributed by atoms with Crippen molar-refractivity contribution in [2.45, 2.75) is 0 Å². The van der Waals surface area contributed by atoms with Gasteiger partial charge in [-0.1, -0.05) is 30.4 Å². The van der Waals surface area contributed by atoms with Crippen LogP contribution in [-0.2, 0) is 0 Å². The summed E-state index contributed by atoms with van der Waals surface area (Å²) in [7, 11) is 0. The van der Waals surface area contributed by atoms with Crippen LogP contribution < -0.4 is 0 Å². The lowest BCUT2D eigenvalue weighted by molar-refractivity contribution is -0.443. The molecule has 12 heavy (non-hydrogen) atoms. The van der Waals surface area contributed by atoms with E-state index in [1.165, 1.54) is 0 Å². The van der Waals surface area contributed by atoms with E-state index in [4.69, 9.17) is 0 Å². The summed E-state index contributed by atoms with van der Waals surface area (Å²) in [5.74, 6) is 0. The Balaban J connectivity index is 2.43. The van der Waals surface area contributed by atoms with Gasteiger partial charge in [-0.3, -0.25) is 0 Å². The van der Waals surface area contributed by atoms with Crippen molar-refractivity contribution >= 4 is 6.21 Å². The zero-order valence-corrected chi connectivity index (χ0v) is 6.60. The van der Waals surface area contributed by atoms with Crippen molar-refractivity contribution in [2.24, 2.45) is 0 Å². The molecule has 0 saturated carbocycles. The zero-order chi connectivity index (χ0) is 8.39. The highest BCUT2D eigenvalue weighted by atomic mass is 16.5. The van der Waals surface area contributed by atoms with Crippen molar-refractivity contribution in [3.8, 4) is 0 Å². The van der Waals surface area contributed by atoms with E-state index in [-0.39, 0.29) is 0 Å². The van der Waals surface area contributed by atoms with Crippen LogP contribution in [0.1, 0.15) is 0 Å². The van der Waals surface area contributed by atoms with Crippen molar-refractivity contribution < 1.29 is 4.74 Å². The topological polar surface area (TPSA) is 26.1 Å². The van der Waals surface area contributed by atoms with Crippen LogP contribution in [0.2, 0.25) is 0 Å². The molecule has 0 amide bonds. The van der Waals surface area contributed by atoms with Crippen molar-refractivity contribution in [1.29, 1.82) is 0 Å². The van der Waals surface area contributed by atoms with Crippen molar-refractivity contribution in [2.75, 3.05) is 6.54 Å².